The van der Waals surface area contributed by atoms with Gasteiger partial charge in [-0.25, -0.2) is 5.01 Å². The van der Waals surface area contributed by atoms with Crippen molar-refractivity contribution in [2.75, 3.05) is 14.1 Å². The second-order valence-electron chi connectivity index (χ2n) is 1.45. The van der Waals surface area contributed by atoms with Crippen LogP contribution >= 0.6 is 12.2 Å². The highest BCUT2D eigenvalue weighted by Crippen LogP contribution is 1.81. The van der Waals surface area contributed by atoms with Crippen molar-refractivity contribution >= 4 is 23.5 Å². The molecule has 0 aliphatic carbocycles. The maximum absolute atomic E-state index is 4.84. The van der Waals surface area contributed by atoms with Crippen LogP contribution in [-0.2, 0) is 0 Å². The van der Waals surface area contributed by atoms with E-state index in [4.69, 9.17) is 12.2 Å². The van der Waals surface area contributed by atoms with Crippen molar-refractivity contribution in [2.24, 2.45) is 5.10 Å². The SMILES string of the molecule is C/C=N\N(C)C(=S)NC. The van der Waals surface area contributed by atoms with Crippen molar-refractivity contribution in [3.8, 4) is 0 Å². The summed E-state index contributed by atoms with van der Waals surface area (Å²) in [7, 11) is 3.56. The summed E-state index contributed by atoms with van der Waals surface area (Å²) < 4.78 is 0. The van der Waals surface area contributed by atoms with Gasteiger partial charge in [-0.1, -0.05) is 0 Å². The second kappa shape index (κ2) is 4.26. The van der Waals surface area contributed by atoms with Gasteiger partial charge in [0.15, 0.2) is 5.11 Å². The van der Waals surface area contributed by atoms with Crippen LogP contribution in [-0.4, -0.2) is 30.4 Å². The highest BCUT2D eigenvalue weighted by molar-refractivity contribution is 7.80. The van der Waals surface area contributed by atoms with E-state index in [2.05, 4.69) is 10.4 Å². The van der Waals surface area contributed by atoms with Gasteiger partial charge in [-0.2, -0.15) is 5.10 Å². The molecule has 0 radical (unpaired) electrons. The minimum absolute atomic E-state index is 0.619. The van der Waals surface area contributed by atoms with Gasteiger partial charge in [-0.05, 0) is 19.1 Å². The fourth-order valence-corrected chi connectivity index (χ4v) is 0.435. The minimum atomic E-state index is 0.619. The van der Waals surface area contributed by atoms with Gasteiger partial charge in [0, 0.05) is 20.3 Å². The van der Waals surface area contributed by atoms with Crippen LogP contribution in [0.4, 0.5) is 0 Å². The number of hydrogen-bond acceptors (Lipinski definition) is 2. The van der Waals surface area contributed by atoms with E-state index in [-0.39, 0.29) is 0 Å². The molecule has 9 heavy (non-hydrogen) atoms. The average Bonchev–Trinajstić information content (AvgIpc) is 1.87. The molecule has 0 atom stereocenters. The first kappa shape index (κ1) is 8.36. The van der Waals surface area contributed by atoms with Gasteiger partial charge >= 0.3 is 0 Å². The zero-order valence-corrected chi connectivity index (χ0v) is 6.70. The molecule has 3 nitrogen and oxygen atoms in total. The Bertz CT molecular complexity index is 121. The van der Waals surface area contributed by atoms with Crippen molar-refractivity contribution in [1.29, 1.82) is 0 Å². The fraction of sp³-hybridized carbons (Fsp3) is 0.600. The molecule has 52 valence electrons. The van der Waals surface area contributed by atoms with Crippen LogP contribution in [0.5, 0.6) is 0 Å². The van der Waals surface area contributed by atoms with Crippen molar-refractivity contribution in [3.05, 3.63) is 0 Å². The molecule has 0 unspecified atom stereocenters. The molecule has 0 heterocycles. The number of nitrogens with one attached hydrogen (secondary N) is 1. The molecule has 4 heteroatoms. The third-order valence-electron chi connectivity index (χ3n) is 0.796. The fourth-order valence-electron chi connectivity index (χ4n) is 0.387. The normalized spacial score (nSPS) is 9.67. The Hall–Kier alpha value is -0.640. The summed E-state index contributed by atoms with van der Waals surface area (Å²) in [4.78, 5) is 0. The number of hydrazone groups is 1. The Kier molecular flexibility index (Phi) is 3.96. The smallest absolute Gasteiger partial charge is 0.189 e. The number of thiocarbonyl (C=S) groups is 1. The van der Waals surface area contributed by atoms with E-state index in [1.54, 1.807) is 25.3 Å². The Morgan fingerprint density at radius 1 is 1.78 bits per heavy atom. The second-order valence-corrected chi connectivity index (χ2v) is 1.84. The van der Waals surface area contributed by atoms with Crippen LogP contribution in [0.25, 0.3) is 0 Å². The zero-order valence-electron chi connectivity index (χ0n) is 5.88. The Balaban J connectivity index is 3.72. The number of rotatable bonds is 1. The van der Waals surface area contributed by atoms with Gasteiger partial charge in [0.1, 0.15) is 0 Å². The summed E-state index contributed by atoms with van der Waals surface area (Å²) in [6.07, 6.45) is 1.68. The molecule has 0 aliphatic heterocycles. The first-order chi connectivity index (χ1) is 4.22. The van der Waals surface area contributed by atoms with E-state index >= 15 is 0 Å². The summed E-state index contributed by atoms with van der Waals surface area (Å²) in [5.41, 5.74) is 0. The summed E-state index contributed by atoms with van der Waals surface area (Å²) in [6.45, 7) is 1.84. The van der Waals surface area contributed by atoms with Gasteiger partial charge in [-0.15, -0.1) is 0 Å². The molecule has 0 aromatic heterocycles. The lowest BCUT2D eigenvalue weighted by Crippen LogP contribution is -2.30. The third-order valence-corrected chi connectivity index (χ3v) is 1.26. The molecule has 0 spiro atoms. The van der Waals surface area contributed by atoms with Crippen LogP contribution in [0.3, 0.4) is 0 Å². The van der Waals surface area contributed by atoms with Crippen LogP contribution in [0.15, 0.2) is 5.10 Å². The van der Waals surface area contributed by atoms with Gasteiger partial charge in [0.2, 0.25) is 0 Å². The third kappa shape index (κ3) is 3.03. The van der Waals surface area contributed by atoms with E-state index in [9.17, 15) is 0 Å². The first-order valence-electron chi connectivity index (χ1n) is 2.66. The van der Waals surface area contributed by atoms with Crippen molar-refractivity contribution in [3.63, 3.8) is 0 Å². The summed E-state index contributed by atoms with van der Waals surface area (Å²) in [5.74, 6) is 0. The lowest BCUT2D eigenvalue weighted by Gasteiger charge is -2.11. The lowest BCUT2D eigenvalue weighted by atomic mass is 10.9. The highest BCUT2D eigenvalue weighted by Gasteiger charge is 1.94. The summed E-state index contributed by atoms with van der Waals surface area (Å²) in [5, 5.41) is 8.90. The van der Waals surface area contributed by atoms with E-state index in [0.717, 1.165) is 0 Å². The maximum Gasteiger partial charge on any atom is 0.189 e. The minimum Gasteiger partial charge on any atom is -0.364 e. The Labute approximate surface area is 60.7 Å². The van der Waals surface area contributed by atoms with E-state index in [1.807, 2.05) is 6.92 Å². The molecule has 0 rings (SSSR count). The predicted molar refractivity (Wildman–Crippen MR) is 43.6 cm³/mol. The number of hydrogen-bond donors (Lipinski definition) is 1. The van der Waals surface area contributed by atoms with Gasteiger partial charge < -0.3 is 5.32 Å². The molecule has 0 fully saturated rings. The summed E-state index contributed by atoms with van der Waals surface area (Å²) >= 11 is 4.84. The van der Waals surface area contributed by atoms with Crippen LogP contribution in [0.1, 0.15) is 6.92 Å². The molecule has 0 amide bonds. The zero-order chi connectivity index (χ0) is 7.28. The van der Waals surface area contributed by atoms with Crippen molar-refractivity contribution < 1.29 is 0 Å². The molecule has 0 aliphatic rings. The van der Waals surface area contributed by atoms with Crippen molar-refractivity contribution in [2.45, 2.75) is 6.92 Å². The molecule has 0 saturated carbocycles. The Morgan fingerprint density at radius 3 is 2.67 bits per heavy atom. The molecular weight excluding hydrogens is 134 g/mol. The quantitative estimate of drug-likeness (QED) is 0.329. The summed E-state index contributed by atoms with van der Waals surface area (Å²) in [6, 6.07) is 0. The van der Waals surface area contributed by atoms with Crippen molar-refractivity contribution in [1.82, 2.24) is 10.3 Å². The molecule has 0 bridgehead atoms. The predicted octanol–water partition coefficient (Wildman–Crippen LogP) is 0.428. The topological polar surface area (TPSA) is 27.6 Å². The molecule has 0 saturated heterocycles. The first-order valence-corrected chi connectivity index (χ1v) is 3.07. The highest BCUT2D eigenvalue weighted by atomic mass is 32.1. The van der Waals surface area contributed by atoms with Gasteiger partial charge in [0.25, 0.3) is 0 Å². The largest absolute Gasteiger partial charge is 0.364 e. The van der Waals surface area contributed by atoms with Gasteiger partial charge in [-0.3, -0.25) is 0 Å². The lowest BCUT2D eigenvalue weighted by molar-refractivity contribution is 0.539. The molecule has 0 aromatic rings. The maximum atomic E-state index is 4.84. The number of nitrogens with zero attached hydrogens (tertiary/aromatic N) is 2. The van der Waals surface area contributed by atoms with Crippen LogP contribution in [0.2, 0.25) is 0 Å². The molecule has 0 aromatic carbocycles. The van der Waals surface area contributed by atoms with Gasteiger partial charge in [0.05, 0.1) is 0 Å². The van der Waals surface area contributed by atoms with E-state index in [0.29, 0.717) is 5.11 Å². The molecular formula is C5H11N3S. The van der Waals surface area contributed by atoms with E-state index in [1.165, 1.54) is 0 Å². The standard InChI is InChI=1S/C5H11N3S/c1-4-7-8(3)5(9)6-2/h4H,1-3H3,(H,6,9)/b7-4-. The van der Waals surface area contributed by atoms with Crippen LogP contribution < -0.4 is 5.32 Å². The average molecular weight is 145 g/mol. The monoisotopic (exact) mass is 145 g/mol. The van der Waals surface area contributed by atoms with E-state index < -0.39 is 0 Å². The Morgan fingerprint density at radius 2 is 2.33 bits per heavy atom. The van der Waals surface area contributed by atoms with Crippen LogP contribution in [0, 0.1) is 0 Å². The molecule has 1 N–H and O–H groups in total.